The molecular formula is C22H28N4O. The molecule has 2 N–H and O–H groups in total. The predicted octanol–water partition coefficient (Wildman–Crippen LogP) is 4.71. The van der Waals surface area contributed by atoms with Gasteiger partial charge in [-0.25, -0.2) is 9.97 Å². The Bertz CT molecular complexity index is 829. The van der Waals surface area contributed by atoms with Crippen LogP contribution in [0.1, 0.15) is 60.6 Å². The number of hydrogen-bond donors (Lipinski definition) is 2. The average Bonchev–Trinajstić information content (AvgIpc) is 2.70. The smallest absolute Gasteiger partial charge is 0.270 e. The molecule has 142 valence electrons. The molecule has 0 radical (unpaired) electrons. The summed E-state index contributed by atoms with van der Waals surface area (Å²) in [6.45, 7) is 4.82. The van der Waals surface area contributed by atoms with Gasteiger partial charge in [-0.15, -0.1) is 0 Å². The van der Waals surface area contributed by atoms with Crippen molar-refractivity contribution in [1.29, 1.82) is 0 Å². The topological polar surface area (TPSA) is 66.9 Å². The van der Waals surface area contributed by atoms with Crippen molar-refractivity contribution in [2.24, 2.45) is 0 Å². The van der Waals surface area contributed by atoms with E-state index in [0.717, 1.165) is 30.5 Å². The Morgan fingerprint density at radius 2 is 2.11 bits per heavy atom. The average molecular weight is 364 g/mol. The third kappa shape index (κ3) is 5.16. The van der Waals surface area contributed by atoms with Gasteiger partial charge in [0.05, 0.1) is 0 Å². The highest BCUT2D eigenvalue weighted by atomic mass is 16.1. The van der Waals surface area contributed by atoms with E-state index in [4.69, 9.17) is 0 Å². The Morgan fingerprint density at radius 3 is 2.89 bits per heavy atom. The third-order valence-corrected chi connectivity index (χ3v) is 4.98. The van der Waals surface area contributed by atoms with Crippen molar-refractivity contribution in [3.05, 3.63) is 58.9 Å². The lowest BCUT2D eigenvalue weighted by Crippen LogP contribution is -2.26. The molecule has 2 aromatic rings. The van der Waals surface area contributed by atoms with E-state index in [0.29, 0.717) is 18.2 Å². The number of carbonyl (C=O) groups excluding carboxylic acids is 1. The SMILES string of the molecule is CCc1cccc(C)c1Nc1nccc(C(=O)NCCC2=CCCCC2)n1. The zero-order valence-electron chi connectivity index (χ0n) is 16.2. The molecule has 0 saturated heterocycles. The van der Waals surface area contributed by atoms with Crippen LogP contribution in [0.15, 0.2) is 42.1 Å². The minimum atomic E-state index is -0.155. The molecule has 1 aromatic heterocycles. The fourth-order valence-corrected chi connectivity index (χ4v) is 3.42. The van der Waals surface area contributed by atoms with E-state index in [1.165, 1.54) is 30.4 Å². The van der Waals surface area contributed by atoms with Crippen molar-refractivity contribution >= 4 is 17.5 Å². The molecule has 1 heterocycles. The van der Waals surface area contributed by atoms with Gasteiger partial charge < -0.3 is 10.6 Å². The van der Waals surface area contributed by atoms with Gasteiger partial charge in [0.2, 0.25) is 5.95 Å². The van der Waals surface area contributed by atoms with Crippen molar-refractivity contribution in [1.82, 2.24) is 15.3 Å². The Labute approximate surface area is 161 Å². The zero-order valence-corrected chi connectivity index (χ0v) is 16.2. The molecule has 0 saturated carbocycles. The highest BCUT2D eigenvalue weighted by Gasteiger charge is 2.11. The number of rotatable bonds is 7. The second-order valence-corrected chi connectivity index (χ2v) is 6.97. The van der Waals surface area contributed by atoms with Crippen LogP contribution in [0.5, 0.6) is 0 Å². The highest BCUT2D eigenvalue weighted by Crippen LogP contribution is 2.24. The van der Waals surface area contributed by atoms with Gasteiger partial charge in [-0.3, -0.25) is 4.79 Å². The van der Waals surface area contributed by atoms with Crippen LogP contribution in [-0.2, 0) is 6.42 Å². The van der Waals surface area contributed by atoms with E-state index in [1.807, 2.05) is 6.07 Å². The number of benzene rings is 1. The molecule has 1 aliphatic carbocycles. The largest absolute Gasteiger partial charge is 0.350 e. The Hall–Kier alpha value is -2.69. The molecule has 0 atom stereocenters. The molecule has 0 fully saturated rings. The molecule has 27 heavy (non-hydrogen) atoms. The van der Waals surface area contributed by atoms with Crippen LogP contribution in [0.25, 0.3) is 0 Å². The maximum absolute atomic E-state index is 12.4. The molecule has 5 heteroatoms. The van der Waals surface area contributed by atoms with Crippen LogP contribution in [0.3, 0.4) is 0 Å². The van der Waals surface area contributed by atoms with Crippen LogP contribution >= 0.6 is 0 Å². The fourth-order valence-electron chi connectivity index (χ4n) is 3.42. The Morgan fingerprint density at radius 1 is 1.22 bits per heavy atom. The Kier molecular flexibility index (Phi) is 6.58. The quantitative estimate of drug-likeness (QED) is 0.698. The van der Waals surface area contributed by atoms with Gasteiger partial charge in [0.15, 0.2) is 0 Å². The number of allylic oxidation sites excluding steroid dienone is 1. The van der Waals surface area contributed by atoms with E-state index in [1.54, 1.807) is 12.3 Å². The normalized spacial score (nSPS) is 13.8. The number of aromatic nitrogens is 2. The lowest BCUT2D eigenvalue weighted by molar-refractivity contribution is 0.0949. The summed E-state index contributed by atoms with van der Waals surface area (Å²) in [5, 5.41) is 6.26. The molecule has 0 unspecified atom stereocenters. The van der Waals surface area contributed by atoms with E-state index in [2.05, 4.69) is 52.7 Å². The predicted molar refractivity (Wildman–Crippen MR) is 109 cm³/mol. The van der Waals surface area contributed by atoms with Crippen LogP contribution in [0.2, 0.25) is 0 Å². The summed E-state index contributed by atoms with van der Waals surface area (Å²) >= 11 is 0. The monoisotopic (exact) mass is 364 g/mol. The highest BCUT2D eigenvalue weighted by molar-refractivity contribution is 5.92. The minimum absolute atomic E-state index is 0.155. The molecular weight excluding hydrogens is 336 g/mol. The molecule has 1 amide bonds. The van der Waals surface area contributed by atoms with Crippen LogP contribution in [0, 0.1) is 6.92 Å². The van der Waals surface area contributed by atoms with Gasteiger partial charge in [0.25, 0.3) is 5.91 Å². The summed E-state index contributed by atoms with van der Waals surface area (Å²) in [6, 6.07) is 7.84. The van der Waals surface area contributed by atoms with Gasteiger partial charge in [-0.2, -0.15) is 0 Å². The Balaban J connectivity index is 1.63. The number of nitrogens with one attached hydrogen (secondary N) is 2. The second kappa shape index (κ2) is 9.31. The van der Waals surface area contributed by atoms with Gasteiger partial charge in [0.1, 0.15) is 5.69 Å². The minimum Gasteiger partial charge on any atom is -0.350 e. The number of anilines is 2. The van der Waals surface area contributed by atoms with Crippen LogP contribution < -0.4 is 10.6 Å². The first kappa shape index (κ1) is 19.1. The summed E-state index contributed by atoms with van der Waals surface area (Å²) in [5.41, 5.74) is 5.19. The van der Waals surface area contributed by atoms with Crippen molar-refractivity contribution in [2.75, 3.05) is 11.9 Å². The molecule has 1 aromatic carbocycles. The van der Waals surface area contributed by atoms with E-state index < -0.39 is 0 Å². The van der Waals surface area contributed by atoms with E-state index in [-0.39, 0.29) is 5.91 Å². The maximum Gasteiger partial charge on any atom is 0.270 e. The van der Waals surface area contributed by atoms with Gasteiger partial charge in [-0.05, 0) is 62.6 Å². The lowest BCUT2D eigenvalue weighted by atomic mass is 9.97. The van der Waals surface area contributed by atoms with Crippen LogP contribution in [-0.4, -0.2) is 22.4 Å². The maximum atomic E-state index is 12.4. The van der Waals surface area contributed by atoms with Crippen LogP contribution in [0.4, 0.5) is 11.6 Å². The summed E-state index contributed by atoms with van der Waals surface area (Å²) in [4.78, 5) is 21.1. The first-order valence-corrected chi connectivity index (χ1v) is 9.82. The fraction of sp³-hybridized carbons (Fsp3) is 0.409. The molecule has 0 aliphatic heterocycles. The molecule has 1 aliphatic rings. The number of nitrogens with zero attached hydrogens (tertiary/aromatic N) is 2. The summed E-state index contributed by atoms with van der Waals surface area (Å²) in [7, 11) is 0. The lowest BCUT2D eigenvalue weighted by Gasteiger charge is -2.14. The van der Waals surface area contributed by atoms with E-state index in [9.17, 15) is 4.79 Å². The number of aryl methyl sites for hydroxylation is 2. The standard InChI is InChI=1S/C22H28N4O/c1-3-18-11-7-8-16(2)20(18)26-22-24-15-13-19(25-22)21(27)23-14-12-17-9-5-4-6-10-17/h7-9,11,13,15H,3-6,10,12,14H2,1-2H3,(H,23,27)(H,24,25,26). The van der Waals surface area contributed by atoms with Crippen molar-refractivity contribution in [3.63, 3.8) is 0 Å². The van der Waals surface area contributed by atoms with E-state index >= 15 is 0 Å². The number of amides is 1. The molecule has 0 bridgehead atoms. The van der Waals surface area contributed by atoms with Gasteiger partial charge in [0, 0.05) is 18.4 Å². The molecule has 3 rings (SSSR count). The van der Waals surface area contributed by atoms with Gasteiger partial charge >= 0.3 is 0 Å². The van der Waals surface area contributed by atoms with Crippen molar-refractivity contribution in [3.8, 4) is 0 Å². The first-order chi connectivity index (χ1) is 13.2. The second-order valence-electron chi connectivity index (χ2n) is 6.97. The van der Waals surface area contributed by atoms with Crippen molar-refractivity contribution in [2.45, 2.75) is 52.4 Å². The van der Waals surface area contributed by atoms with Crippen molar-refractivity contribution < 1.29 is 4.79 Å². The first-order valence-electron chi connectivity index (χ1n) is 9.82. The zero-order chi connectivity index (χ0) is 19.1. The summed E-state index contributed by atoms with van der Waals surface area (Å²) in [6.07, 6.45) is 10.7. The summed E-state index contributed by atoms with van der Waals surface area (Å²) in [5.74, 6) is 0.291. The molecule has 0 spiro atoms. The third-order valence-electron chi connectivity index (χ3n) is 4.98. The molecule has 5 nitrogen and oxygen atoms in total. The number of para-hydroxylation sites is 1. The van der Waals surface area contributed by atoms with Gasteiger partial charge in [-0.1, -0.05) is 36.8 Å². The number of carbonyl (C=O) groups is 1. The summed E-state index contributed by atoms with van der Waals surface area (Å²) < 4.78 is 0. The number of hydrogen-bond acceptors (Lipinski definition) is 4.